The minimum Gasteiger partial charge on any atom is -0.343 e. The molecule has 1 saturated carbocycles. The molecule has 2 amide bonds. The van der Waals surface area contributed by atoms with Crippen molar-refractivity contribution in [3.05, 3.63) is 84.4 Å². The van der Waals surface area contributed by atoms with E-state index in [1.54, 1.807) is 6.08 Å². The Balaban J connectivity index is 0.00000121. The van der Waals surface area contributed by atoms with Crippen LogP contribution in [0.3, 0.4) is 0 Å². The summed E-state index contributed by atoms with van der Waals surface area (Å²) in [6.07, 6.45) is 8.62. The molecule has 2 unspecified atom stereocenters. The van der Waals surface area contributed by atoms with Gasteiger partial charge in [-0.05, 0) is 69.1 Å². The van der Waals surface area contributed by atoms with Gasteiger partial charge in [0.2, 0.25) is 5.91 Å². The highest BCUT2D eigenvalue weighted by Crippen LogP contribution is 2.31. The number of carbonyl (C=O) groups excluding carboxylic acids is 2. The third kappa shape index (κ3) is 8.57. The fourth-order valence-electron chi connectivity index (χ4n) is 5.65. The Morgan fingerprint density at radius 3 is 2.11 bits per heavy atom. The van der Waals surface area contributed by atoms with Crippen LogP contribution < -0.4 is 0 Å². The Labute approximate surface area is 224 Å². The van der Waals surface area contributed by atoms with Crippen LogP contribution in [0.4, 0.5) is 0 Å². The van der Waals surface area contributed by atoms with Gasteiger partial charge in [0.25, 0.3) is 5.91 Å². The molecule has 37 heavy (non-hydrogen) atoms. The van der Waals surface area contributed by atoms with E-state index in [0.29, 0.717) is 24.4 Å². The van der Waals surface area contributed by atoms with Gasteiger partial charge in [0.15, 0.2) is 0 Å². The number of aryl methyl sites for hydroxylation is 1. The average molecular weight is 504 g/mol. The summed E-state index contributed by atoms with van der Waals surface area (Å²) >= 11 is 0. The first-order valence-corrected chi connectivity index (χ1v) is 13.8. The number of nitrogens with zero attached hydrogens (tertiary/aromatic N) is 3. The van der Waals surface area contributed by atoms with Crippen molar-refractivity contribution in [3.8, 4) is 0 Å². The van der Waals surface area contributed by atoms with Gasteiger partial charge in [-0.25, -0.2) is 0 Å². The highest BCUT2D eigenvalue weighted by atomic mass is 16.2. The highest BCUT2D eigenvalue weighted by molar-refractivity contribution is 5.94. The van der Waals surface area contributed by atoms with Crippen LogP contribution in [0.25, 0.3) is 0 Å². The van der Waals surface area contributed by atoms with E-state index in [-0.39, 0.29) is 11.8 Å². The summed E-state index contributed by atoms with van der Waals surface area (Å²) < 4.78 is 0. The lowest BCUT2D eigenvalue weighted by molar-refractivity contribution is -0.132. The summed E-state index contributed by atoms with van der Waals surface area (Å²) in [4.78, 5) is 32.0. The molecule has 0 spiro atoms. The topological polar surface area (TPSA) is 43.9 Å². The van der Waals surface area contributed by atoms with Gasteiger partial charge in [-0.3, -0.25) is 9.59 Å². The van der Waals surface area contributed by atoms with Crippen LogP contribution in [0, 0.1) is 5.92 Å². The van der Waals surface area contributed by atoms with Crippen LogP contribution >= 0.6 is 0 Å². The van der Waals surface area contributed by atoms with E-state index in [2.05, 4.69) is 23.6 Å². The van der Waals surface area contributed by atoms with Gasteiger partial charge >= 0.3 is 0 Å². The lowest BCUT2D eigenvalue weighted by Crippen LogP contribution is -2.46. The van der Waals surface area contributed by atoms with E-state index in [1.807, 2.05) is 79.3 Å². The fourth-order valence-corrected chi connectivity index (χ4v) is 5.65. The number of benzene rings is 2. The van der Waals surface area contributed by atoms with Crippen LogP contribution in [0.1, 0.15) is 61.4 Å². The van der Waals surface area contributed by atoms with Gasteiger partial charge in [-0.1, -0.05) is 54.6 Å². The second-order valence-electron chi connectivity index (χ2n) is 10.5. The minimum absolute atomic E-state index is 0.132. The quantitative estimate of drug-likeness (QED) is 0.436. The maximum absolute atomic E-state index is 12.8. The van der Waals surface area contributed by atoms with Crippen molar-refractivity contribution in [1.82, 2.24) is 14.7 Å². The van der Waals surface area contributed by atoms with Gasteiger partial charge in [0.1, 0.15) is 0 Å². The molecule has 4 rings (SSSR count). The zero-order valence-electron chi connectivity index (χ0n) is 23.0. The molecule has 2 aromatic rings. The van der Waals surface area contributed by atoms with E-state index < -0.39 is 0 Å². The molecule has 200 valence electrons. The molecule has 2 fully saturated rings. The molecule has 5 nitrogen and oxygen atoms in total. The lowest BCUT2D eigenvalue weighted by Gasteiger charge is -2.38. The van der Waals surface area contributed by atoms with Crippen molar-refractivity contribution < 1.29 is 9.59 Å². The number of hydrogen-bond acceptors (Lipinski definition) is 3. The summed E-state index contributed by atoms with van der Waals surface area (Å²) in [5.41, 5.74) is 2.00. The summed E-state index contributed by atoms with van der Waals surface area (Å²) in [6, 6.07) is 20.6. The Kier molecular flexibility index (Phi) is 11.4. The normalized spacial score (nSPS) is 20.0. The molecule has 0 N–H and O–H groups in total. The summed E-state index contributed by atoms with van der Waals surface area (Å²) in [6.45, 7) is 8.48. The molecule has 0 aromatic heterocycles. The SMILES string of the molecule is C=CC.CN(C(=O)CCc1ccccc1)C1CCN(CC2CCC(N(C)C(=O)c3ccccc3)C2)CC1. The first kappa shape index (κ1) is 28.6. The number of likely N-dealkylation sites (tertiary alicyclic amines) is 1. The van der Waals surface area contributed by atoms with Gasteiger partial charge in [-0.2, -0.15) is 0 Å². The van der Waals surface area contributed by atoms with E-state index in [9.17, 15) is 9.59 Å². The van der Waals surface area contributed by atoms with Crippen molar-refractivity contribution >= 4 is 11.8 Å². The lowest BCUT2D eigenvalue weighted by atomic mass is 10.00. The average Bonchev–Trinajstić information content (AvgIpc) is 3.41. The summed E-state index contributed by atoms with van der Waals surface area (Å²) in [5, 5.41) is 0. The van der Waals surface area contributed by atoms with Crippen molar-refractivity contribution in [3.63, 3.8) is 0 Å². The monoisotopic (exact) mass is 503 g/mol. The molecule has 1 saturated heterocycles. The molecule has 5 heteroatoms. The molecule has 1 aliphatic heterocycles. The largest absolute Gasteiger partial charge is 0.343 e. The molecule has 2 aromatic carbocycles. The number of allylic oxidation sites excluding steroid dienone is 1. The number of carbonyl (C=O) groups is 2. The number of rotatable bonds is 8. The predicted octanol–water partition coefficient (Wildman–Crippen LogP) is 5.68. The van der Waals surface area contributed by atoms with E-state index in [0.717, 1.165) is 57.3 Å². The molecule has 0 radical (unpaired) electrons. The molecular formula is C32H45N3O2. The Morgan fingerprint density at radius 2 is 1.49 bits per heavy atom. The molecule has 0 bridgehead atoms. The minimum atomic E-state index is 0.132. The third-order valence-corrected chi connectivity index (χ3v) is 7.89. The van der Waals surface area contributed by atoms with Gasteiger partial charge < -0.3 is 14.7 Å². The van der Waals surface area contributed by atoms with Crippen LogP contribution in [0.5, 0.6) is 0 Å². The molecule has 2 atom stereocenters. The maximum atomic E-state index is 12.8. The summed E-state index contributed by atoms with van der Waals surface area (Å²) in [7, 11) is 3.94. The third-order valence-electron chi connectivity index (χ3n) is 7.89. The first-order chi connectivity index (χ1) is 17.9. The Bertz CT molecular complexity index is 970. The Hall–Kier alpha value is -2.92. The first-order valence-electron chi connectivity index (χ1n) is 13.8. The maximum Gasteiger partial charge on any atom is 0.253 e. The van der Waals surface area contributed by atoms with Gasteiger partial charge in [0.05, 0.1) is 0 Å². The summed E-state index contributed by atoms with van der Waals surface area (Å²) in [5.74, 6) is 1.04. The zero-order chi connectivity index (χ0) is 26.6. The molecule has 1 aliphatic carbocycles. The van der Waals surface area contributed by atoms with E-state index in [1.165, 1.54) is 12.0 Å². The smallest absolute Gasteiger partial charge is 0.253 e. The molecule has 2 aliphatic rings. The number of amides is 2. The van der Waals surface area contributed by atoms with Crippen LogP contribution in [0.2, 0.25) is 0 Å². The van der Waals surface area contributed by atoms with Crippen molar-refractivity contribution in [2.24, 2.45) is 5.92 Å². The number of hydrogen-bond donors (Lipinski definition) is 0. The second-order valence-corrected chi connectivity index (χ2v) is 10.5. The van der Waals surface area contributed by atoms with Crippen molar-refractivity contribution in [1.29, 1.82) is 0 Å². The van der Waals surface area contributed by atoms with E-state index >= 15 is 0 Å². The van der Waals surface area contributed by atoms with Crippen molar-refractivity contribution in [2.75, 3.05) is 33.7 Å². The van der Waals surface area contributed by atoms with E-state index in [4.69, 9.17) is 0 Å². The molecule has 1 heterocycles. The van der Waals surface area contributed by atoms with Gasteiger partial charge in [0, 0.05) is 57.8 Å². The predicted molar refractivity (Wildman–Crippen MR) is 153 cm³/mol. The standard InChI is InChI=1S/C29H39N3O2.C3H6/c1-30(28(33)16-14-23-9-5-3-6-10-23)26-17-19-32(20-18-26)22-24-13-15-27(21-24)31(2)29(34)25-11-7-4-8-12-25;1-3-2/h3-12,24,26-27H,13-22H2,1-2H3;3H,1H2,2H3. The Morgan fingerprint density at radius 1 is 0.892 bits per heavy atom. The van der Waals surface area contributed by atoms with Crippen LogP contribution in [-0.4, -0.2) is 72.3 Å². The van der Waals surface area contributed by atoms with Crippen LogP contribution in [-0.2, 0) is 11.2 Å². The highest BCUT2D eigenvalue weighted by Gasteiger charge is 2.32. The van der Waals surface area contributed by atoms with Gasteiger partial charge in [-0.15, -0.1) is 6.58 Å². The molecular weight excluding hydrogens is 458 g/mol. The zero-order valence-corrected chi connectivity index (χ0v) is 23.0. The fraction of sp³-hybridized carbons (Fsp3) is 0.500. The second kappa shape index (κ2) is 14.7. The number of piperidine rings is 1. The van der Waals surface area contributed by atoms with Crippen molar-refractivity contribution in [2.45, 2.75) is 64.0 Å². The van der Waals surface area contributed by atoms with Crippen LogP contribution in [0.15, 0.2) is 73.3 Å².